The third kappa shape index (κ3) is 3.59. The van der Waals surface area contributed by atoms with E-state index in [9.17, 15) is 9.18 Å². The van der Waals surface area contributed by atoms with Gasteiger partial charge in [0.25, 0.3) is 0 Å². The van der Waals surface area contributed by atoms with Crippen molar-refractivity contribution in [3.8, 4) is 5.75 Å². The first-order valence-corrected chi connectivity index (χ1v) is 5.48. The van der Waals surface area contributed by atoms with E-state index in [0.717, 1.165) is 0 Å². The molecular formula is C12H17FN2O3. The van der Waals surface area contributed by atoms with Gasteiger partial charge in [0, 0.05) is 25.3 Å². The minimum Gasteiger partial charge on any atom is -0.494 e. The number of hydrogen-bond acceptors (Lipinski definition) is 4. The van der Waals surface area contributed by atoms with Crippen molar-refractivity contribution in [2.24, 2.45) is 5.73 Å². The number of rotatable bonds is 6. The van der Waals surface area contributed by atoms with Gasteiger partial charge < -0.3 is 20.5 Å². The first kappa shape index (κ1) is 14.2. The number of nitrogens with zero attached hydrogens (tertiary/aromatic N) is 1. The molecule has 0 spiro atoms. The third-order valence-electron chi connectivity index (χ3n) is 2.67. The Morgan fingerprint density at radius 1 is 1.61 bits per heavy atom. The highest BCUT2D eigenvalue weighted by Gasteiger charge is 2.13. The fourth-order valence-corrected chi connectivity index (χ4v) is 1.48. The van der Waals surface area contributed by atoms with E-state index >= 15 is 0 Å². The Kier molecular flexibility index (Phi) is 4.91. The number of nitrogens with two attached hydrogens (primary N) is 1. The van der Waals surface area contributed by atoms with Crippen molar-refractivity contribution < 1.29 is 19.0 Å². The summed E-state index contributed by atoms with van der Waals surface area (Å²) >= 11 is 0. The van der Waals surface area contributed by atoms with Crippen molar-refractivity contribution in [1.29, 1.82) is 0 Å². The number of halogens is 1. The SMILES string of the molecule is COc1ccc(N(C)CCC(N)C(=O)O)cc1F. The molecule has 0 amide bonds. The van der Waals surface area contributed by atoms with Crippen molar-refractivity contribution in [2.45, 2.75) is 12.5 Å². The number of hydrogen-bond donors (Lipinski definition) is 2. The largest absolute Gasteiger partial charge is 0.494 e. The molecule has 3 N–H and O–H groups in total. The Bertz CT molecular complexity index is 426. The van der Waals surface area contributed by atoms with Crippen LogP contribution in [0.4, 0.5) is 10.1 Å². The van der Waals surface area contributed by atoms with Gasteiger partial charge in [0.15, 0.2) is 11.6 Å². The van der Waals surface area contributed by atoms with Crippen molar-refractivity contribution in [3.63, 3.8) is 0 Å². The molecule has 1 unspecified atom stereocenters. The van der Waals surface area contributed by atoms with Gasteiger partial charge in [-0.25, -0.2) is 4.39 Å². The van der Waals surface area contributed by atoms with Crippen LogP contribution in [0.2, 0.25) is 0 Å². The molecule has 5 nitrogen and oxygen atoms in total. The Hall–Kier alpha value is -1.82. The van der Waals surface area contributed by atoms with Crippen molar-refractivity contribution in [3.05, 3.63) is 24.0 Å². The minimum atomic E-state index is -1.04. The van der Waals surface area contributed by atoms with Crippen LogP contribution in [-0.2, 0) is 4.79 Å². The summed E-state index contributed by atoms with van der Waals surface area (Å²) in [5.41, 5.74) is 6.04. The molecule has 100 valence electrons. The number of carbonyl (C=O) groups is 1. The summed E-state index contributed by atoms with van der Waals surface area (Å²) in [6.07, 6.45) is 0.291. The lowest BCUT2D eigenvalue weighted by molar-refractivity contribution is -0.138. The first-order valence-electron chi connectivity index (χ1n) is 5.48. The molecule has 1 aromatic carbocycles. The molecule has 1 rings (SSSR count). The van der Waals surface area contributed by atoms with Gasteiger partial charge in [-0.05, 0) is 18.6 Å². The molecule has 1 atom stereocenters. The van der Waals surface area contributed by atoms with E-state index in [1.807, 2.05) is 0 Å². The molecule has 0 saturated heterocycles. The molecule has 0 aliphatic carbocycles. The third-order valence-corrected chi connectivity index (χ3v) is 2.67. The number of ether oxygens (including phenoxy) is 1. The van der Waals surface area contributed by atoms with Gasteiger partial charge in [-0.1, -0.05) is 0 Å². The van der Waals surface area contributed by atoms with Crippen LogP contribution in [0.3, 0.4) is 0 Å². The van der Waals surface area contributed by atoms with Crippen LogP contribution >= 0.6 is 0 Å². The number of anilines is 1. The topological polar surface area (TPSA) is 75.8 Å². The van der Waals surface area contributed by atoms with Crippen LogP contribution in [0.5, 0.6) is 5.75 Å². The summed E-state index contributed by atoms with van der Waals surface area (Å²) in [7, 11) is 3.14. The monoisotopic (exact) mass is 256 g/mol. The zero-order valence-electron chi connectivity index (χ0n) is 10.4. The van der Waals surface area contributed by atoms with Crippen LogP contribution in [-0.4, -0.2) is 37.8 Å². The lowest BCUT2D eigenvalue weighted by Gasteiger charge is -2.20. The summed E-state index contributed by atoms with van der Waals surface area (Å²) < 4.78 is 18.3. The average Bonchev–Trinajstić information content (AvgIpc) is 2.35. The van der Waals surface area contributed by atoms with Gasteiger partial charge >= 0.3 is 5.97 Å². The maximum Gasteiger partial charge on any atom is 0.320 e. The predicted octanol–water partition coefficient (Wildman–Crippen LogP) is 1.07. The van der Waals surface area contributed by atoms with Gasteiger partial charge in [0.05, 0.1) is 7.11 Å². The van der Waals surface area contributed by atoms with Crippen molar-refractivity contribution >= 4 is 11.7 Å². The second-order valence-corrected chi connectivity index (χ2v) is 3.97. The molecule has 0 heterocycles. The minimum absolute atomic E-state index is 0.175. The predicted molar refractivity (Wildman–Crippen MR) is 66.5 cm³/mol. The summed E-state index contributed by atoms with van der Waals surface area (Å²) in [5.74, 6) is -1.32. The summed E-state index contributed by atoms with van der Waals surface area (Å²) in [4.78, 5) is 12.3. The normalized spacial score (nSPS) is 12.0. The molecule has 0 fully saturated rings. The van der Waals surface area contributed by atoms with Crippen LogP contribution in [0, 0.1) is 5.82 Å². The number of aliphatic carboxylic acids is 1. The summed E-state index contributed by atoms with van der Waals surface area (Å²) in [6.45, 7) is 0.430. The number of methoxy groups -OCH3 is 1. The van der Waals surface area contributed by atoms with E-state index in [2.05, 4.69) is 0 Å². The van der Waals surface area contributed by atoms with Gasteiger partial charge in [0.2, 0.25) is 0 Å². The van der Waals surface area contributed by atoms with Gasteiger partial charge in [-0.3, -0.25) is 4.79 Å². The molecule has 6 heteroatoms. The van der Waals surface area contributed by atoms with E-state index in [-0.39, 0.29) is 5.75 Å². The van der Waals surface area contributed by atoms with Gasteiger partial charge in [0.1, 0.15) is 6.04 Å². The van der Waals surface area contributed by atoms with Crippen molar-refractivity contribution in [1.82, 2.24) is 0 Å². The zero-order chi connectivity index (χ0) is 13.7. The van der Waals surface area contributed by atoms with E-state index in [1.54, 1.807) is 18.0 Å². The molecule has 0 saturated carbocycles. The molecule has 0 aliphatic rings. The molecule has 18 heavy (non-hydrogen) atoms. The standard InChI is InChI=1S/C12H17FN2O3/c1-15(6-5-10(14)12(16)17)8-3-4-11(18-2)9(13)7-8/h3-4,7,10H,5-6,14H2,1-2H3,(H,16,17). The first-order chi connectivity index (χ1) is 8.45. The summed E-state index contributed by atoms with van der Waals surface area (Å²) in [5, 5.41) is 8.66. The van der Waals surface area contributed by atoms with Gasteiger partial charge in [-0.2, -0.15) is 0 Å². The van der Waals surface area contributed by atoms with Crippen LogP contribution < -0.4 is 15.4 Å². The van der Waals surface area contributed by atoms with E-state index < -0.39 is 17.8 Å². The molecule has 0 bridgehead atoms. The molecule has 0 radical (unpaired) electrons. The van der Waals surface area contributed by atoms with Crippen LogP contribution in [0.1, 0.15) is 6.42 Å². The second-order valence-electron chi connectivity index (χ2n) is 3.97. The maximum absolute atomic E-state index is 13.5. The highest BCUT2D eigenvalue weighted by atomic mass is 19.1. The number of benzene rings is 1. The number of carboxylic acids is 1. The highest BCUT2D eigenvalue weighted by molar-refractivity contribution is 5.73. The summed E-state index contributed by atoms with van der Waals surface area (Å²) in [6, 6.07) is 3.66. The van der Waals surface area contributed by atoms with E-state index in [1.165, 1.54) is 19.2 Å². The number of carboxylic acid groups (broad SMARTS) is 1. The Morgan fingerprint density at radius 2 is 2.28 bits per heavy atom. The Balaban J connectivity index is 2.64. The quantitative estimate of drug-likeness (QED) is 0.796. The Morgan fingerprint density at radius 3 is 2.78 bits per heavy atom. The lowest BCUT2D eigenvalue weighted by Crippen LogP contribution is -2.34. The lowest BCUT2D eigenvalue weighted by atomic mass is 10.2. The van der Waals surface area contributed by atoms with Gasteiger partial charge in [-0.15, -0.1) is 0 Å². The van der Waals surface area contributed by atoms with Crippen LogP contribution in [0.25, 0.3) is 0 Å². The fraction of sp³-hybridized carbons (Fsp3) is 0.417. The molecule has 1 aromatic rings. The smallest absolute Gasteiger partial charge is 0.320 e. The zero-order valence-corrected chi connectivity index (χ0v) is 10.4. The highest BCUT2D eigenvalue weighted by Crippen LogP contribution is 2.22. The Labute approximate surface area is 105 Å². The van der Waals surface area contributed by atoms with E-state index in [4.69, 9.17) is 15.6 Å². The van der Waals surface area contributed by atoms with Crippen LogP contribution in [0.15, 0.2) is 18.2 Å². The van der Waals surface area contributed by atoms with Crippen molar-refractivity contribution in [2.75, 3.05) is 25.6 Å². The average molecular weight is 256 g/mol. The fourth-order valence-electron chi connectivity index (χ4n) is 1.48. The maximum atomic E-state index is 13.5. The second kappa shape index (κ2) is 6.20. The van der Waals surface area contributed by atoms with E-state index in [0.29, 0.717) is 18.7 Å². The molecule has 0 aliphatic heterocycles. The molecule has 0 aromatic heterocycles. The molecular weight excluding hydrogens is 239 g/mol.